The van der Waals surface area contributed by atoms with Gasteiger partial charge in [-0.25, -0.2) is 4.98 Å². The number of hydrogen-bond donors (Lipinski definition) is 0. The number of aromatic nitrogens is 3. The van der Waals surface area contributed by atoms with Gasteiger partial charge in [0.15, 0.2) is 0 Å². The molecule has 1 unspecified atom stereocenters. The molecule has 1 saturated heterocycles. The van der Waals surface area contributed by atoms with E-state index in [0.29, 0.717) is 11.6 Å². The molecule has 3 heterocycles. The molecular formula is C16H19N5. The molecule has 1 fully saturated rings. The largest absolute Gasteiger partial charge is 0.351 e. The van der Waals surface area contributed by atoms with Crippen LogP contribution in [0, 0.1) is 25.2 Å². The molecule has 3 rings (SSSR count). The fourth-order valence-corrected chi connectivity index (χ4v) is 3.08. The Morgan fingerprint density at radius 2 is 2.29 bits per heavy atom. The second kappa shape index (κ2) is 5.57. The molecule has 5 nitrogen and oxygen atoms in total. The lowest BCUT2D eigenvalue weighted by atomic mass is 10.2. The van der Waals surface area contributed by atoms with Crippen molar-refractivity contribution in [2.75, 3.05) is 11.4 Å². The molecule has 1 atom stereocenters. The van der Waals surface area contributed by atoms with Crippen LogP contribution in [0.4, 0.5) is 5.82 Å². The normalized spacial score (nSPS) is 18.0. The Kier molecular flexibility index (Phi) is 3.61. The molecule has 0 aliphatic carbocycles. The van der Waals surface area contributed by atoms with Crippen LogP contribution in [0.25, 0.3) is 0 Å². The predicted octanol–water partition coefficient (Wildman–Crippen LogP) is 2.44. The molecule has 0 amide bonds. The first-order valence-electron chi connectivity index (χ1n) is 7.32. The monoisotopic (exact) mass is 281 g/mol. The van der Waals surface area contributed by atoms with Crippen molar-refractivity contribution in [3.63, 3.8) is 0 Å². The zero-order valence-electron chi connectivity index (χ0n) is 12.5. The summed E-state index contributed by atoms with van der Waals surface area (Å²) in [5.41, 5.74) is 2.88. The Labute approximate surface area is 124 Å². The maximum absolute atomic E-state index is 9.27. The number of nitrogens with zero attached hydrogens (tertiary/aromatic N) is 5. The third-order valence-corrected chi connectivity index (χ3v) is 4.04. The molecule has 2 aromatic heterocycles. The van der Waals surface area contributed by atoms with Crippen LogP contribution < -0.4 is 4.90 Å². The fourth-order valence-electron chi connectivity index (χ4n) is 3.08. The first-order valence-corrected chi connectivity index (χ1v) is 7.32. The van der Waals surface area contributed by atoms with Crippen molar-refractivity contribution in [3.8, 4) is 6.07 Å². The van der Waals surface area contributed by atoms with Gasteiger partial charge >= 0.3 is 0 Å². The molecule has 1 aliphatic rings. The van der Waals surface area contributed by atoms with E-state index in [1.807, 2.05) is 19.1 Å². The summed E-state index contributed by atoms with van der Waals surface area (Å²) in [5.74, 6) is 0.809. The second-order valence-electron chi connectivity index (χ2n) is 5.59. The first kappa shape index (κ1) is 13.6. The summed E-state index contributed by atoms with van der Waals surface area (Å²) in [6.45, 7) is 5.90. The average Bonchev–Trinajstić information content (AvgIpc) is 3.06. The number of hydrogen-bond acceptors (Lipinski definition) is 4. The van der Waals surface area contributed by atoms with Gasteiger partial charge in [0.25, 0.3) is 0 Å². The van der Waals surface area contributed by atoms with E-state index in [1.165, 1.54) is 5.69 Å². The van der Waals surface area contributed by atoms with Crippen LogP contribution in [0.15, 0.2) is 24.4 Å². The van der Waals surface area contributed by atoms with Gasteiger partial charge in [-0.3, -0.25) is 4.68 Å². The topological polar surface area (TPSA) is 57.7 Å². The van der Waals surface area contributed by atoms with Crippen LogP contribution in [0.1, 0.15) is 29.8 Å². The van der Waals surface area contributed by atoms with Gasteiger partial charge in [-0.15, -0.1) is 0 Å². The molecule has 2 aromatic rings. The van der Waals surface area contributed by atoms with Crippen LogP contribution in [-0.4, -0.2) is 27.4 Å². The summed E-state index contributed by atoms with van der Waals surface area (Å²) in [6.07, 6.45) is 4.00. The molecule has 1 aliphatic heterocycles. The van der Waals surface area contributed by atoms with E-state index in [2.05, 4.69) is 38.7 Å². The maximum Gasteiger partial charge on any atom is 0.146 e. The van der Waals surface area contributed by atoms with E-state index in [-0.39, 0.29) is 0 Å². The van der Waals surface area contributed by atoms with E-state index in [0.717, 1.165) is 37.4 Å². The summed E-state index contributed by atoms with van der Waals surface area (Å²) in [7, 11) is 0. The number of aryl methyl sites for hydroxylation is 2. The highest BCUT2D eigenvalue weighted by atomic mass is 15.3. The van der Waals surface area contributed by atoms with Crippen molar-refractivity contribution in [1.82, 2.24) is 14.8 Å². The highest BCUT2D eigenvalue weighted by Crippen LogP contribution is 2.27. The molecule has 0 N–H and O–H groups in total. The lowest BCUT2D eigenvalue weighted by Crippen LogP contribution is -2.34. The molecule has 108 valence electrons. The molecule has 0 spiro atoms. The van der Waals surface area contributed by atoms with E-state index < -0.39 is 0 Å². The number of pyridine rings is 1. The van der Waals surface area contributed by atoms with Gasteiger partial charge in [0.2, 0.25) is 0 Å². The summed E-state index contributed by atoms with van der Waals surface area (Å²) >= 11 is 0. The first-order chi connectivity index (χ1) is 10.2. The minimum Gasteiger partial charge on any atom is -0.351 e. The minimum atomic E-state index is 0.352. The average molecular weight is 281 g/mol. The van der Waals surface area contributed by atoms with E-state index in [4.69, 9.17) is 0 Å². The third kappa shape index (κ3) is 2.62. The maximum atomic E-state index is 9.27. The van der Waals surface area contributed by atoms with Crippen LogP contribution in [0.3, 0.4) is 0 Å². The summed E-state index contributed by atoms with van der Waals surface area (Å²) in [4.78, 5) is 6.68. The third-order valence-electron chi connectivity index (χ3n) is 4.04. The number of nitriles is 1. The van der Waals surface area contributed by atoms with Gasteiger partial charge in [0, 0.05) is 18.4 Å². The lowest BCUT2D eigenvalue weighted by molar-refractivity contribution is 0.496. The van der Waals surface area contributed by atoms with E-state index in [1.54, 1.807) is 6.20 Å². The SMILES string of the molecule is Cc1cc(C)n(CC2CCCN2c2ncccc2C#N)n1. The molecule has 0 saturated carbocycles. The smallest absolute Gasteiger partial charge is 0.146 e. The van der Waals surface area contributed by atoms with Gasteiger partial charge in [-0.1, -0.05) is 0 Å². The summed E-state index contributed by atoms with van der Waals surface area (Å²) in [5, 5.41) is 13.8. The van der Waals surface area contributed by atoms with Gasteiger partial charge in [-0.2, -0.15) is 10.4 Å². The molecule has 0 aromatic carbocycles. The van der Waals surface area contributed by atoms with Crippen molar-refractivity contribution >= 4 is 5.82 Å². The minimum absolute atomic E-state index is 0.352. The van der Waals surface area contributed by atoms with Gasteiger partial charge < -0.3 is 4.90 Å². The zero-order chi connectivity index (χ0) is 14.8. The van der Waals surface area contributed by atoms with Gasteiger partial charge in [0.1, 0.15) is 11.9 Å². The van der Waals surface area contributed by atoms with Crippen molar-refractivity contribution in [2.24, 2.45) is 0 Å². The predicted molar refractivity (Wildman–Crippen MR) is 81.0 cm³/mol. The van der Waals surface area contributed by atoms with Crippen LogP contribution in [0.2, 0.25) is 0 Å². The Morgan fingerprint density at radius 3 is 3.00 bits per heavy atom. The molecule has 21 heavy (non-hydrogen) atoms. The zero-order valence-corrected chi connectivity index (χ0v) is 12.5. The Bertz CT molecular complexity index is 682. The molecule has 0 bridgehead atoms. The van der Waals surface area contributed by atoms with Gasteiger partial charge in [-0.05, 0) is 44.9 Å². The van der Waals surface area contributed by atoms with Crippen molar-refractivity contribution in [2.45, 2.75) is 39.3 Å². The molecule has 0 radical (unpaired) electrons. The standard InChI is InChI=1S/C16H19N5/c1-12-9-13(2)21(19-12)11-15-6-4-8-20(15)16-14(10-17)5-3-7-18-16/h3,5,7,9,15H,4,6,8,11H2,1-2H3. The lowest BCUT2D eigenvalue weighted by Gasteiger charge is -2.26. The Hall–Kier alpha value is -2.35. The summed E-state index contributed by atoms with van der Waals surface area (Å²) < 4.78 is 2.06. The fraction of sp³-hybridized carbons (Fsp3) is 0.438. The Balaban J connectivity index is 1.86. The highest BCUT2D eigenvalue weighted by molar-refractivity contribution is 5.54. The van der Waals surface area contributed by atoms with Crippen molar-refractivity contribution in [1.29, 1.82) is 5.26 Å². The second-order valence-corrected chi connectivity index (χ2v) is 5.59. The summed E-state index contributed by atoms with van der Waals surface area (Å²) in [6, 6.07) is 8.34. The molecule has 5 heteroatoms. The Morgan fingerprint density at radius 1 is 1.43 bits per heavy atom. The van der Waals surface area contributed by atoms with Crippen LogP contribution >= 0.6 is 0 Å². The van der Waals surface area contributed by atoms with Crippen LogP contribution in [-0.2, 0) is 6.54 Å². The molecular weight excluding hydrogens is 262 g/mol. The number of rotatable bonds is 3. The van der Waals surface area contributed by atoms with E-state index in [9.17, 15) is 5.26 Å². The van der Waals surface area contributed by atoms with Crippen molar-refractivity contribution in [3.05, 3.63) is 41.3 Å². The quantitative estimate of drug-likeness (QED) is 0.867. The van der Waals surface area contributed by atoms with Gasteiger partial charge in [0.05, 0.1) is 23.8 Å². The van der Waals surface area contributed by atoms with Crippen molar-refractivity contribution < 1.29 is 0 Å². The van der Waals surface area contributed by atoms with E-state index >= 15 is 0 Å². The highest BCUT2D eigenvalue weighted by Gasteiger charge is 2.28. The van der Waals surface area contributed by atoms with Crippen LogP contribution in [0.5, 0.6) is 0 Å². The number of anilines is 1.